The fourth-order valence-corrected chi connectivity index (χ4v) is 2.23. The molecule has 0 aromatic heterocycles. The molecule has 21 heavy (non-hydrogen) atoms. The molecule has 0 fully saturated rings. The van der Waals surface area contributed by atoms with E-state index in [0.29, 0.717) is 10.6 Å². The van der Waals surface area contributed by atoms with E-state index in [1.807, 2.05) is 0 Å². The van der Waals surface area contributed by atoms with E-state index in [2.05, 4.69) is 0 Å². The summed E-state index contributed by atoms with van der Waals surface area (Å²) >= 11 is 5.73. The lowest BCUT2D eigenvalue weighted by molar-refractivity contribution is -0.141. The number of carbonyl (C=O) groups is 1. The minimum absolute atomic E-state index is 0.190. The molecule has 0 heterocycles. The molecule has 0 saturated carbocycles. The van der Waals surface area contributed by atoms with E-state index >= 15 is 0 Å². The van der Waals surface area contributed by atoms with E-state index in [1.54, 1.807) is 6.07 Å². The number of hydrogen-bond donors (Lipinski definition) is 1. The topological polar surface area (TPSA) is 37.3 Å². The molecule has 0 saturated heterocycles. The van der Waals surface area contributed by atoms with E-state index < -0.39 is 24.2 Å². The minimum Gasteiger partial charge on any atom is -0.481 e. The summed E-state index contributed by atoms with van der Waals surface area (Å²) in [5, 5.41) is 9.67. The fourth-order valence-electron chi connectivity index (χ4n) is 2.10. The van der Waals surface area contributed by atoms with Gasteiger partial charge in [-0.25, -0.2) is 8.78 Å². The lowest BCUT2D eigenvalue weighted by atomic mass is 9.90. The molecule has 1 N–H and O–H groups in total. The van der Waals surface area contributed by atoms with Crippen LogP contribution < -0.4 is 0 Å². The van der Waals surface area contributed by atoms with Crippen molar-refractivity contribution >= 4 is 17.6 Å². The molecule has 0 aliphatic carbocycles. The van der Waals surface area contributed by atoms with Crippen molar-refractivity contribution in [3.8, 4) is 0 Å². The van der Waals surface area contributed by atoms with Crippen molar-refractivity contribution in [3.63, 3.8) is 0 Å². The van der Waals surface area contributed by atoms with Gasteiger partial charge in [0.15, 0.2) is 0 Å². The molecule has 0 aliphatic heterocycles. The zero-order valence-corrected chi connectivity index (χ0v) is 11.7. The Morgan fingerprint density at radius 1 is 1.10 bits per heavy atom. The summed E-state index contributed by atoms with van der Waals surface area (Å²) in [6, 6.07) is 13.1. The van der Waals surface area contributed by atoms with Crippen LogP contribution in [0.3, 0.4) is 0 Å². The molecule has 1 atom stereocenters. The first-order valence-electron chi connectivity index (χ1n) is 6.32. The van der Waals surface area contributed by atoms with Gasteiger partial charge in [0.2, 0.25) is 0 Å². The highest BCUT2D eigenvalue weighted by molar-refractivity contribution is 6.30. The van der Waals surface area contributed by atoms with Crippen molar-refractivity contribution in [1.29, 1.82) is 0 Å². The molecule has 2 aromatic rings. The molecule has 0 bridgehead atoms. The molecule has 0 spiro atoms. The first-order chi connectivity index (χ1) is 9.90. The second kappa shape index (κ2) is 6.22. The van der Waals surface area contributed by atoms with Crippen molar-refractivity contribution in [2.24, 2.45) is 0 Å². The Morgan fingerprint density at radius 3 is 2.19 bits per heavy atom. The molecular weight excluding hydrogens is 298 g/mol. The highest BCUT2D eigenvalue weighted by Crippen LogP contribution is 2.38. The van der Waals surface area contributed by atoms with E-state index in [9.17, 15) is 18.7 Å². The summed E-state index contributed by atoms with van der Waals surface area (Å²) in [5.41, 5.74) is 0.118. The van der Waals surface area contributed by atoms with Crippen LogP contribution in [0.2, 0.25) is 5.02 Å². The number of hydrogen-bond acceptors (Lipinski definition) is 1. The van der Waals surface area contributed by atoms with Gasteiger partial charge < -0.3 is 5.11 Å². The highest BCUT2D eigenvalue weighted by atomic mass is 35.5. The molecule has 2 aromatic carbocycles. The van der Waals surface area contributed by atoms with Gasteiger partial charge in [-0.3, -0.25) is 4.79 Å². The Kier molecular flexibility index (Phi) is 4.58. The van der Waals surface area contributed by atoms with Gasteiger partial charge in [-0.2, -0.15) is 0 Å². The first kappa shape index (κ1) is 15.4. The number of rotatable bonds is 5. The zero-order chi connectivity index (χ0) is 15.5. The normalized spacial score (nSPS) is 12.9. The third-order valence-corrected chi connectivity index (χ3v) is 3.48. The van der Waals surface area contributed by atoms with Crippen molar-refractivity contribution in [2.45, 2.75) is 18.3 Å². The third-order valence-electron chi connectivity index (χ3n) is 3.23. The zero-order valence-electron chi connectivity index (χ0n) is 11.0. The summed E-state index contributed by atoms with van der Waals surface area (Å²) in [5.74, 6) is -5.80. The number of aliphatic carboxylic acids is 1. The van der Waals surface area contributed by atoms with Crippen LogP contribution in [-0.4, -0.2) is 11.1 Å². The number of carboxylic acid groups (broad SMARTS) is 1. The van der Waals surface area contributed by atoms with Crippen LogP contribution >= 0.6 is 11.6 Å². The van der Waals surface area contributed by atoms with E-state index in [4.69, 9.17) is 11.6 Å². The summed E-state index contributed by atoms with van der Waals surface area (Å²) in [4.78, 5) is 11.3. The van der Waals surface area contributed by atoms with Crippen LogP contribution in [-0.2, 0) is 10.7 Å². The molecule has 1 unspecified atom stereocenters. The smallest absolute Gasteiger partial charge is 0.311 e. The Hall–Kier alpha value is -1.94. The van der Waals surface area contributed by atoms with Gasteiger partial charge in [0.25, 0.3) is 5.92 Å². The van der Waals surface area contributed by atoms with Gasteiger partial charge in [-0.05, 0) is 17.7 Å². The standard InChI is InChI=1S/C16H13ClF2O2/c17-13-8-6-11(7-9-13)14(15(20)21)10-16(18,19)12-4-2-1-3-5-12/h1-9,14H,10H2,(H,20,21). The predicted octanol–water partition coefficient (Wildman–Crippen LogP) is 4.69. The highest BCUT2D eigenvalue weighted by Gasteiger charge is 2.38. The molecule has 110 valence electrons. The summed E-state index contributed by atoms with van der Waals surface area (Å²) < 4.78 is 28.5. The second-order valence-corrected chi connectivity index (χ2v) is 5.15. The summed E-state index contributed by atoms with van der Waals surface area (Å²) in [7, 11) is 0. The predicted molar refractivity (Wildman–Crippen MR) is 76.8 cm³/mol. The molecular formula is C16H13ClF2O2. The average molecular weight is 311 g/mol. The SMILES string of the molecule is O=C(O)C(CC(F)(F)c1ccccc1)c1ccc(Cl)cc1. The molecule has 5 heteroatoms. The van der Waals surface area contributed by atoms with E-state index in [-0.39, 0.29) is 5.56 Å². The van der Waals surface area contributed by atoms with Crippen LogP contribution in [0.4, 0.5) is 8.78 Å². The van der Waals surface area contributed by atoms with Crippen molar-refractivity contribution in [1.82, 2.24) is 0 Å². The van der Waals surface area contributed by atoms with Crippen molar-refractivity contribution in [2.75, 3.05) is 0 Å². The van der Waals surface area contributed by atoms with E-state index in [0.717, 1.165) is 0 Å². The largest absolute Gasteiger partial charge is 0.481 e. The maximum Gasteiger partial charge on any atom is 0.311 e. The molecule has 0 radical (unpaired) electrons. The van der Waals surface area contributed by atoms with Gasteiger partial charge >= 0.3 is 5.97 Å². The van der Waals surface area contributed by atoms with Crippen LogP contribution in [0.15, 0.2) is 54.6 Å². The first-order valence-corrected chi connectivity index (χ1v) is 6.69. The van der Waals surface area contributed by atoms with E-state index in [1.165, 1.54) is 48.5 Å². The minimum atomic E-state index is -3.22. The van der Waals surface area contributed by atoms with Crippen LogP contribution in [0.25, 0.3) is 0 Å². The Balaban J connectivity index is 2.28. The maximum absolute atomic E-state index is 14.2. The number of alkyl halides is 2. The summed E-state index contributed by atoms with van der Waals surface area (Å²) in [6.07, 6.45) is -0.798. The van der Waals surface area contributed by atoms with Crippen LogP contribution in [0.1, 0.15) is 23.5 Å². The molecule has 0 aliphatic rings. The van der Waals surface area contributed by atoms with Gasteiger partial charge in [-0.1, -0.05) is 54.1 Å². The third kappa shape index (κ3) is 3.79. The van der Waals surface area contributed by atoms with Gasteiger partial charge in [-0.15, -0.1) is 0 Å². The maximum atomic E-state index is 14.2. The Labute approximate surface area is 126 Å². The average Bonchev–Trinajstić information content (AvgIpc) is 2.47. The van der Waals surface area contributed by atoms with Gasteiger partial charge in [0, 0.05) is 17.0 Å². The Morgan fingerprint density at radius 2 is 1.67 bits per heavy atom. The lowest BCUT2D eigenvalue weighted by Crippen LogP contribution is -2.22. The molecule has 0 amide bonds. The van der Waals surface area contributed by atoms with Crippen LogP contribution in [0, 0.1) is 0 Å². The van der Waals surface area contributed by atoms with Gasteiger partial charge in [0.1, 0.15) is 0 Å². The lowest BCUT2D eigenvalue weighted by Gasteiger charge is -2.21. The summed E-state index contributed by atoms with van der Waals surface area (Å²) in [6.45, 7) is 0. The Bertz CT molecular complexity index is 612. The quantitative estimate of drug-likeness (QED) is 0.870. The number of benzene rings is 2. The molecule has 2 rings (SSSR count). The van der Waals surface area contributed by atoms with Crippen molar-refractivity contribution < 1.29 is 18.7 Å². The fraction of sp³-hybridized carbons (Fsp3) is 0.188. The molecule has 2 nitrogen and oxygen atoms in total. The van der Waals surface area contributed by atoms with Gasteiger partial charge in [0.05, 0.1) is 5.92 Å². The second-order valence-electron chi connectivity index (χ2n) is 4.72. The monoisotopic (exact) mass is 310 g/mol. The van der Waals surface area contributed by atoms with Crippen LogP contribution in [0.5, 0.6) is 0 Å². The number of halogens is 3. The number of carboxylic acids is 1. The van der Waals surface area contributed by atoms with Crippen molar-refractivity contribution in [3.05, 3.63) is 70.7 Å².